The van der Waals surface area contributed by atoms with Crippen molar-refractivity contribution in [2.75, 3.05) is 6.54 Å². The molecule has 6 heteroatoms. The average molecular weight is 280 g/mol. The monoisotopic (exact) mass is 280 g/mol. The Morgan fingerprint density at radius 3 is 2.68 bits per heavy atom. The highest BCUT2D eigenvalue weighted by Gasteiger charge is 2.37. The van der Waals surface area contributed by atoms with Crippen molar-refractivity contribution in [2.24, 2.45) is 0 Å². The average Bonchev–Trinajstić information content (AvgIpc) is 2.69. The fraction of sp³-hybridized carbons (Fsp3) is 0.462. The van der Waals surface area contributed by atoms with Crippen LogP contribution in [0.2, 0.25) is 0 Å². The minimum Gasteiger partial charge on any atom is -0.392 e. The van der Waals surface area contributed by atoms with Crippen molar-refractivity contribution in [3.63, 3.8) is 0 Å². The third-order valence-electron chi connectivity index (χ3n) is 3.40. The molecule has 102 valence electrons. The lowest BCUT2D eigenvalue weighted by atomic mass is 10.2. The number of benzene rings is 1. The van der Waals surface area contributed by atoms with Crippen LogP contribution >= 0.6 is 0 Å². The van der Waals surface area contributed by atoms with E-state index in [1.165, 1.54) is 10.4 Å². The van der Waals surface area contributed by atoms with Crippen molar-refractivity contribution in [3.8, 4) is 6.07 Å². The van der Waals surface area contributed by atoms with Crippen molar-refractivity contribution >= 4 is 10.0 Å². The van der Waals surface area contributed by atoms with E-state index in [2.05, 4.69) is 0 Å². The van der Waals surface area contributed by atoms with Gasteiger partial charge in [-0.1, -0.05) is 6.07 Å². The Labute approximate surface area is 113 Å². The van der Waals surface area contributed by atoms with Crippen LogP contribution in [-0.2, 0) is 10.0 Å². The van der Waals surface area contributed by atoms with Gasteiger partial charge in [-0.3, -0.25) is 0 Å². The van der Waals surface area contributed by atoms with Gasteiger partial charge in [-0.25, -0.2) is 8.42 Å². The van der Waals surface area contributed by atoms with E-state index in [1.54, 1.807) is 26.0 Å². The maximum absolute atomic E-state index is 12.6. The first-order valence-electron chi connectivity index (χ1n) is 6.07. The maximum atomic E-state index is 12.6. The molecule has 19 heavy (non-hydrogen) atoms. The van der Waals surface area contributed by atoms with Crippen molar-refractivity contribution in [3.05, 3.63) is 29.3 Å². The first-order chi connectivity index (χ1) is 8.86. The van der Waals surface area contributed by atoms with Gasteiger partial charge < -0.3 is 5.11 Å². The van der Waals surface area contributed by atoms with Gasteiger partial charge in [0.1, 0.15) is 0 Å². The fourth-order valence-corrected chi connectivity index (χ4v) is 4.31. The largest absolute Gasteiger partial charge is 0.392 e. The second-order valence-electron chi connectivity index (χ2n) is 4.91. The Bertz CT molecular complexity index is 634. The van der Waals surface area contributed by atoms with Crippen LogP contribution in [0, 0.1) is 18.3 Å². The van der Waals surface area contributed by atoms with Crippen LogP contribution in [-0.4, -0.2) is 36.5 Å². The van der Waals surface area contributed by atoms with E-state index in [-0.39, 0.29) is 17.5 Å². The SMILES string of the molecule is Cc1ccc(C#N)cc1S(=O)(=O)N1CC(O)CC1C. The molecule has 1 aromatic carbocycles. The van der Waals surface area contributed by atoms with Gasteiger partial charge in [0, 0.05) is 12.6 Å². The Morgan fingerprint density at radius 2 is 2.16 bits per heavy atom. The van der Waals surface area contributed by atoms with Gasteiger partial charge in [0.2, 0.25) is 10.0 Å². The summed E-state index contributed by atoms with van der Waals surface area (Å²) in [7, 11) is -3.66. The van der Waals surface area contributed by atoms with Crippen molar-refractivity contribution < 1.29 is 13.5 Å². The van der Waals surface area contributed by atoms with Crippen LogP contribution < -0.4 is 0 Å². The molecule has 2 unspecified atom stereocenters. The highest BCUT2D eigenvalue weighted by atomic mass is 32.2. The van der Waals surface area contributed by atoms with Gasteiger partial charge in [0.15, 0.2) is 0 Å². The van der Waals surface area contributed by atoms with E-state index in [4.69, 9.17) is 5.26 Å². The molecule has 0 aromatic heterocycles. The normalized spacial score (nSPS) is 24.3. The lowest BCUT2D eigenvalue weighted by molar-refractivity contribution is 0.189. The van der Waals surface area contributed by atoms with Gasteiger partial charge in [-0.05, 0) is 38.0 Å². The number of sulfonamides is 1. The number of β-amino-alcohol motifs (C(OH)–C–C–N with tert-alkyl or cyclic N) is 1. The number of aliphatic hydroxyl groups is 1. The minimum absolute atomic E-state index is 0.111. The number of nitriles is 1. The molecule has 0 bridgehead atoms. The third kappa shape index (κ3) is 2.50. The molecule has 1 fully saturated rings. The summed E-state index contributed by atoms with van der Waals surface area (Å²) in [5, 5.41) is 18.5. The molecule has 0 aliphatic carbocycles. The predicted molar refractivity (Wildman–Crippen MR) is 69.9 cm³/mol. The van der Waals surface area contributed by atoms with E-state index in [9.17, 15) is 13.5 Å². The Kier molecular flexibility index (Phi) is 3.63. The number of hydrogen-bond donors (Lipinski definition) is 1. The fourth-order valence-electron chi connectivity index (χ4n) is 2.38. The van der Waals surface area contributed by atoms with Gasteiger partial charge in [0.05, 0.1) is 22.6 Å². The van der Waals surface area contributed by atoms with Crippen LogP contribution in [0.5, 0.6) is 0 Å². The van der Waals surface area contributed by atoms with Crippen LogP contribution in [0.15, 0.2) is 23.1 Å². The van der Waals surface area contributed by atoms with Gasteiger partial charge in [-0.15, -0.1) is 0 Å². The van der Waals surface area contributed by atoms with Crippen LogP contribution in [0.1, 0.15) is 24.5 Å². The number of nitrogens with zero attached hydrogens (tertiary/aromatic N) is 2. The Balaban J connectivity index is 2.49. The first kappa shape index (κ1) is 14.0. The molecule has 0 spiro atoms. The van der Waals surface area contributed by atoms with Gasteiger partial charge in [0.25, 0.3) is 0 Å². The Morgan fingerprint density at radius 1 is 1.47 bits per heavy atom. The van der Waals surface area contributed by atoms with Gasteiger partial charge in [-0.2, -0.15) is 9.57 Å². The smallest absolute Gasteiger partial charge is 0.243 e. The van der Waals surface area contributed by atoms with Crippen molar-refractivity contribution in [2.45, 2.75) is 37.3 Å². The van der Waals surface area contributed by atoms with Crippen LogP contribution in [0.25, 0.3) is 0 Å². The molecule has 0 radical (unpaired) electrons. The first-order valence-corrected chi connectivity index (χ1v) is 7.51. The lowest BCUT2D eigenvalue weighted by Crippen LogP contribution is -2.34. The second-order valence-corrected chi connectivity index (χ2v) is 6.76. The molecule has 1 heterocycles. The van der Waals surface area contributed by atoms with E-state index in [0.717, 1.165) is 0 Å². The summed E-state index contributed by atoms with van der Waals surface area (Å²) in [5.74, 6) is 0. The summed E-state index contributed by atoms with van der Waals surface area (Å²) in [6.07, 6.45) is -0.180. The van der Waals surface area contributed by atoms with E-state index in [0.29, 0.717) is 17.5 Å². The molecule has 5 nitrogen and oxygen atoms in total. The summed E-state index contributed by atoms with van der Waals surface area (Å²) in [6, 6.07) is 6.33. The standard InChI is InChI=1S/C13H16N2O3S/c1-9-3-4-11(7-14)6-13(9)19(17,18)15-8-12(16)5-10(15)2/h3-4,6,10,12,16H,5,8H2,1-2H3. The van der Waals surface area contributed by atoms with Crippen molar-refractivity contribution in [1.29, 1.82) is 5.26 Å². The molecular formula is C13H16N2O3S. The summed E-state index contributed by atoms with van der Waals surface area (Å²) in [4.78, 5) is 0.146. The molecule has 0 saturated carbocycles. The minimum atomic E-state index is -3.66. The molecule has 1 aromatic rings. The maximum Gasteiger partial charge on any atom is 0.243 e. The van der Waals surface area contributed by atoms with E-state index in [1.807, 2.05) is 6.07 Å². The molecule has 1 aliphatic rings. The molecule has 2 atom stereocenters. The van der Waals surface area contributed by atoms with E-state index < -0.39 is 16.1 Å². The zero-order valence-electron chi connectivity index (χ0n) is 10.9. The lowest BCUT2D eigenvalue weighted by Gasteiger charge is -2.21. The predicted octanol–water partition coefficient (Wildman–Crippen LogP) is 1.01. The van der Waals surface area contributed by atoms with E-state index >= 15 is 0 Å². The van der Waals surface area contributed by atoms with Gasteiger partial charge >= 0.3 is 0 Å². The number of aryl methyl sites for hydroxylation is 1. The molecule has 1 saturated heterocycles. The molecule has 2 rings (SSSR count). The molecular weight excluding hydrogens is 264 g/mol. The molecule has 0 amide bonds. The summed E-state index contributed by atoms with van der Waals surface area (Å²) < 4.78 is 26.5. The second kappa shape index (κ2) is 4.93. The number of aliphatic hydroxyl groups excluding tert-OH is 1. The number of rotatable bonds is 2. The Hall–Kier alpha value is -1.42. The highest BCUT2D eigenvalue weighted by Crippen LogP contribution is 2.28. The summed E-state index contributed by atoms with van der Waals surface area (Å²) >= 11 is 0. The third-order valence-corrected chi connectivity index (χ3v) is 5.52. The zero-order chi connectivity index (χ0) is 14.2. The molecule has 1 N–H and O–H groups in total. The molecule has 1 aliphatic heterocycles. The zero-order valence-corrected chi connectivity index (χ0v) is 11.7. The number of hydrogen-bond acceptors (Lipinski definition) is 4. The summed E-state index contributed by atoms with van der Waals surface area (Å²) in [5.41, 5.74) is 0.921. The van der Waals surface area contributed by atoms with Crippen molar-refractivity contribution in [1.82, 2.24) is 4.31 Å². The highest BCUT2D eigenvalue weighted by molar-refractivity contribution is 7.89. The van der Waals surface area contributed by atoms with Crippen LogP contribution in [0.4, 0.5) is 0 Å². The summed E-state index contributed by atoms with van der Waals surface area (Å²) in [6.45, 7) is 3.59. The topological polar surface area (TPSA) is 81.4 Å². The van der Waals surface area contributed by atoms with Crippen LogP contribution in [0.3, 0.4) is 0 Å². The quantitative estimate of drug-likeness (QED) is 0.876.